The molecule has 0 unspecified atom stereocenters. The molecule has 0 heterocycles. The number of rotatable bonds is 6. The van der Waals surface area contributed by atoms with Crippen LogP contribution in [0.4, 0.5) is 0 Å². The Kier molecular flexibility index (Phi) is 5.83. The predicted octanol–water partition coefficient (Wildman–Crippen LogP) is 3.33. The zero-order valence-corrected chi connectivity index (χ0v) is 14.1. The van der Waals surface area contributed by atoms with Gasteiger partial charge in [-0.3, -0.25) is 4.79 Å². The molecule has 0 atom stereocenters. The van der Waals surface area contributed by atoms with E-state index in [4.69, 9.17) is 9.47 Å². The molecule has 0 spiro atoms. The predicted molar refractivity (Wildman–Crippen MR) is 89.2 cm³/mol. The number of halogens is 1. The van der Waals surface area contributed by atoms with E-state index >= 15 is 0 Å². The largest absolute Gasteiger partial charge is 0.493 e. The van der Waals surface area contributed by atoms with Crippen LogP contribution in [0, 0.1) is 0 Å². The highest BCUT2D eigenvalue weighted by molar-refractivity contribution is 9.10. The first-order valence-corrected chi connectivity index (χ1v) is 7.64. The van der Waals surface area contributed by atoms with E-state index in [1.807, 2.05) is 42.5 Å². The molecule has 0 aromatic heterocycles. The van der Waals surface area contributed by atoms with Crippen LogP contribution in [0.2, 0.25) is 0 Å². The van der Waals surface area contributed by atoms with Gasteiger partial charge >= 0.3 is 0 Å². The lowest BCUT2D eigenvalue weighted by molar-refractivity contribution is -0.120. The standard InChI is InChI=1S/C17H18BrNO3/c1-21-15-8-7-12(9-16(15)22-2)11-19-17(20)10-13-5-3-4-6-14(13)18/h3-9H,10-11H2,1-2H3,(H,19,20). The molecule has 0 aliphatic carbocycles. The van der Waals surface area contributed by atoms with E-state index in [9.17, 15) is 4.79 Å². The molecule has 2 aromatic rings. The molecular weight excluding hydrogens is 346 g/mol. The van der Waals surface area contributed by atoms with Crippen molar-refractivity contribution >= 4 is 21.8 Å². The maximum atomic E-state index is 12.0. The second kappa shape index (κ2) is 7.84. The molecule has 2 rings (SSSR count). The van der Waals surface area contributed by atoms with Crippen molar-refractivity contribution in [2.24, 2.45) is 0 Å². The van der Waals surface area contributed by atoms with Gasteiger partial charge in [-0.25, -0.2) is 0 Å². The van der Waals surface area contributed by atoms with Gasteiger partial charge in [-0.1, -0.05) is 40.2 Å². The Hall–Kier alpha value is -2.01. The van der Waals surface area contributed by atoms with E-state index in [-0.39, 0.29) is 5.91 Å². The van der Waals surface area contributed by atoms with Gasteiger partial charge in [0.15, 0.2) is 11.5 Å². The molecule has 0 saturated carbocycles. The highest BCUT2D eigenvalue weighted by Crippen LogP contribution is 2.27. The molecule has 1 amide bonds. The summed E-state index contributed by atoms with van der Waals surface area (Å²) in [5, 5.41) is 2.91. The zero-order valence-electron chi connectivity index (χ0n) is 12.6. The van der Waals surface area contributed by atoms with Crippen LogP contribution < -0.4 is 14.8 Å². The Balaban J connectivity index is 1.95. The minimum absolute atomic E-state index is 0.0262. The molecule has 1 N–H and O–H groups in total. The summed E-state index contributed by atoms with van der Waals surface area (Å²) in [6.07, 6.45) is 0.342. The van der Waals surface area contributed by atoms with Crippen LogP contribution in [-0.2, 0) is 17.8 Å². The third-order valence-corrected chi connectivity index (χ3v) is 4.02. The van der Waals surface area contributed by atoms with E-state index in [1.165, 1.54) is 0 Å². The van der Waals surface area contributed by atoms with Crippen molar-refractivity contribution in [1.82, 2.24) is 5.32 Å². The van der Waals surface area contributed by atoms with Crippen LogP contribution in [-0.4, -0.2) is 20.1 Å². The lowest BCUT2D eigenvalue weighted by Crippen LogP contribution is -2.24. The summed E-state index contributed by atoms with van der Waals surface area (Å²) in [4.78, 5) is 12.0. The fraction of sp³-hybridized carbons (Fsp3) is 0.235. The van der Waals surface area contributed by atoms with E-state index in [1.54, 1.807) is 14.2 Å². The van der Waals surface area contributed by atoms with Crippen molar-refractivity contribution in [3.05, 3.63) is 58.1 Å². The topological polar surface area (TPSA) is 47.6 Å². The zero-order chi connectivity index (χ0) is 15.9. The Morgan fingerprint density at radius 1 is 1.09 bits per heavy atom. The molecule has 116 valence electrons. The Labute approximate surface area is 138 Å². The third kappa shape index (κ3) is 4.24. The smallest absolute Gasteiger partial charge is 0.224 e. The fourth-order valence-corrected chi connectivity index (χ4v) is 2.49. The van der Waals surface area contributed by atoms with E-state index in [0.29, 0.717) is 24.5 Å². The van der Waals surface area contributed by atoms with Crippen LogP contribution in [0.1, 0.15) is 11.1 Å². The van der Waals surface area contributed by atoms with Gasteiger partial charge in [0.2, 0.25) is 5.91 Å². The first kappa shape index (κ1) is 16.4. The van der Waals surface area contributed by atoms with E-state index in [0.717, 1.165) is 15.6 Å². The van der Waals surface area contributed by atoms with Gasteiger partial charge in [0.05, 0.1) is 20.6 Å². The number of benzene rings is 2. The summed E-state index contributed by atoms with van der Waals surface area (Å²) < 4.78 is 11.4. The molecule has 4 nitrogen and oxygen atoms in total. The average molecular weight is 364 g/mol. The number of amides is 1. The van der Waals surface area contributed by atoms with Gasteiger partial charge in [-0.15, -0.1) is 0 Å². The van der Waals surface area contributed by atoms with Gasteiger partial charge < -0.3 is 14.8 Å². The van der Waals surface area contributed by atoms with Crippen LogP contribution in [0.15, 0.2) is 46.9 Å². The van der Waals surface area contributed by atoms with E-state index < -0.39 is 0 Å². The average Bonchev–Trinajstić information content (AvgIpc) is 2.54. The number of hydrogen-bond donors (Lipinski definition) is 1. The van der Waals surface area contributed by atoms with Crippen molar-refractivity contribution in [1.29, 1.82) is 0 Å². The highest BCUT2D eigenvalue weighted by Gasteiger charge is 2.08. The minimum Gasteiger partial charge on any atom is -0.493 e. The number of ether oxygens (including phenoxy) is 2. The second-order valence-electron chi connectivity index (χ2n) is 4.73. The Morgan fingerprint density at radius 2 is 1.82 bits per heavy atom. The normalized spacial score (nSPS) is 10.1. The SMILES string of the molecule is COc1ccc(CNC(=O)Cc2ccccc2Br)cc1OC. The monoisotopic (exact) mass is 363 g/mol. The maximum absolute atomic E-state index is 12.0. The van der Waals surface area contributed by atoms with Crippen molar-refractivity contribution in [3.63, 3.8) is 0 Å². The van der Waals surface area contributed by atoms with Gasteiger partial charge in [0.25, 0.3) is 0 Å². The lowest BCUT2D eigenvalue weighted by atomic mass is 10.1. The number of hydrogen-bond acceptors (Lipinski definition) is 3. The number of carbonyl (C=O) groups excluding carboxylic acids is 1. The molecule has 5 heteroatoms. The molecule has 0 aliphatic rings. The summed E-state index contributed by atoms with van der Waals surface area (Å²) in [7, 11) is 3.18. The van der Waals surface area contributed by atoms with Gasteiger partial charge in [-0.05, 0) is 29.3 Å². The Bertz CT molecular complexity index is 658. The molecule has 0 bridgehead atoms. The lowest BCUT2D eigenvalue weighted by Gasteiger charge is -2.10. The first-order chi connectivity index (χ1) is 10.6. The maximum Gasteiger partial charge on any atom is 0.224 e. The van der Waals surface area contributed by atoms with Crippen molar-refractivity contribution in [3.8, 4) is 11.5 Å². The van der Waals surface area contributed by atoms with Crippen LogP contribution in [0.25, 0.3) is 0 Å². The first-order valence-electron chi connectivity index (χ1n) is 6.85. The van der Waals surface area contributed by atoms with Crippen molar-refractivity contribution in [2.75, 3.05) is 14.2 Å². The Morgan fingerprint density at radius 3 is 2.50 bits per heavy atom. The van der Waals surface area contributed by atoms with Gasteiger partial charge in [0.1, 0.15) is 0 Å². The van der Waals surface area contributed by atoms with Crippen molar-refractivity contribution < 1.29 is 14.3 Å². The minimum atomic E-state index is -0.0262. The summed E-state index contributed by atoms with van der Waals surface area (Å²) in [5.74, 6) is 1.30. The van der Waals surface area contributed by atoms with Crippen molar-refractivity contribution in [2.45, 2.75) is 13.0 Å². The molecule has 0 radical (unpaired) electrons. The number of nitrogens with one attached hydrogen (secondary N) is 1. The molecule has 0 aliphatic heterocycles. The molecular formula is C17H18BrNO3. The summed E-state index contributed by atoms with van der Waals surface area (Å²) >= 11 is 3.45. The number of carbonyl (C=O) groups is 1. The molecule has 2 aromatic carbocycles. The molecule has 22 heavy (non-hydrogen) atoms. The van der Waals surface area contributed by atoms with Crippen LogP contribution in [0.3, 0.4) is 0 Å². The van der Waals surface area contributed by atoms with Crippen LogP contribution >= 0.6 is 15.9 Å². The fourth-order valence-electron chi connectivity index (χ4n) is 2.07. The summed E-state index contributed by atoms with van der Waals surface area (Å²) in [6.45, 7) is 0.448. The summed E-state index contributed by atoms with van der Waals surface area (Å²) in [5.41, 5.74) is 1.92. The van der Waals surface area contributed by atoms with Crippen LogP contribution in [0.5, 0.6) is 11.5 Å². The quantitative estimate of drug-likeness (QED) is 0.856. The van der Waals surface area contributed by atoms with Gasteiger partial charge in [-0.2, -0.15) is 0 Å². The molecule has 0 saturated heterocycles. The third-order valence-electron chi connectivity index (χ3n) is 3.25. The summed E-state index contributed by atoms with van der Waals surface area (Å²) in [6, 6.07) is 13.3. The van der Waals surface area contributed by atoms with Gasteiger partial charge in [0, 0.05) is 11.0 Å². The number of methoxy groups -OCH3 is 2. The van der Waals surface area contributed by atoms with E-state index in [2.05, 4.69) is 21.2 Å². The molecule has 0 fully saturated rings. The highest BCUT2D eigenvalue weighted by atomic mass is 79.9. The second-order valence-corrected chi connectivity index (χ2v) is 5.59.